The predicted octanol–water partition coefficient (Wildman–Crippen LogP) is 2.52. The maximum absolute atomic E-state index is 6.01. The molecule has 1 aliphatic carbocycles. The summed E-state index contributed by atoms with van der Waals surface area (Å²) in [5.74, 6) is 0. The first kappa shape index (κ1) is 12.0. The van der Waals surface area contributed by atoms with Crippen LogP contribution in [0.25, 0.3) is 10.9 Å². The zero-order valence-corrected chi connectivity index (χ0v) is 11.2. The molecule has 18 heavy (non-hydrogen) atoms. The summed E-state index contributed by atoms with van der Waals surface area (Å²) in [6.07, 6.45) is 3.51. The molecule has 4 heteroatoms. The summed E-state index contributed by atoms with van der Waals surface area (Å²) in [5, 5.41) is 1.39. The quantitative estimate of drug-likeness (QED) is 0.792. The van der Waals surface area contributed by atoms with Gasteiger partial charge in [0.05, 0.1) is 12.7 Å². The highest BCUT2D eigenvalue weighted by Gasteiger charge is 2.36. The monoisotopic (exact) mass is 264 g/mol. The molecule has 2 heterocycles. The van der Waals surface area contributed by atoms with Crippen LogP contribution in [0.5, 0.6) is 0 Å². The maximum atomic E-state index is 6.01. The van der Waals surface area contributed by atoms with E-state index in [0.29, 0.717) is 6.04 Å². The summed E-state index contributed by atoms with van der Waals surface area (Å²) in [5.41, 5.74) is 4.04. The first-order valence-electron chi connectivity index (χ1n) is 6.25. The molecule has 96 valence electrons. The summed E-state index contributed by atoms with van der Waals surface area (Å²) in [6.45, 7) is 1.88. The van der Waals surface area contributed by atoms with Crippen molar-refractivity contribution < 1.29 is 4.74 Å². The smallest absolute Gasteiger partial charge is 0.0990 e. The number of H-pyrrole nitrogens is 1. The lowest BCUT2D eigenvalue weighted by Gasteiger charge is -2.41. The van der Waals surface area contributed by atoms with Crippen molar-refractivity contribution in [3.8, 4) is 0 Å². The van der Waals surface area contributed by atoms with E-state index in [4.69, 9.17) is 4.74 Å². The first-order chi connectivity index (χ1) is 8.34. The highest BCUT2D eigenvalue weighted by molar-refractivity contribution is 5.88. The van der Waals surface area contributed by atoms with Gasteiger partial charge in [-0.05, 0) is 30.7 Å². The van der Waals surface area contributed by atoms with E-state index in [1.165, 1.54) is 22.0 Å². The minimum absolute atomic E-state index is 0. The molecule has 0 spiro atoms. The molecule has 0 radical (unpaired) electrons. The third kappa shape index (κ3) is 1.51. The Morgan fingerprint density at radius 2 is 2.28 bits per heavy atom. The number of fused-ring (bicyclic) bond motifs is 2. The number of morpholine rings is 1. The van der Waals surface area contributed by atoms with Crippen molar-refractivity contribution in [1.82, 2.24) is 9.88 Å². The lowest BCUT2D eigenvalue weighted by atomic mass is 9.85. The van der Waals surface area contributed by atoms with E-state index in [2.05, 4.69) is 41.3 Å². The van der Waals surface area contributed by atoms with Crippen molar-refractivity contribution >= 4 is 23.3 Å². The standard InChI is InChI=1S/C14H16N2O.ClH/c1-16-5-6-17-14-10-3-2-4-11-13(10)9(8-15-11)7-12(14)16;/h2-4,8,12,14-15H,5-7H2,1H3;1H. The van der Waals surface area contributed by atoms with Gasteiger partial charge in [-0.25, -0.2) is 0 Å². The molecule has 1 aromatic carbocycles. The van der Waals surface area contributed by atoms with Gasteiger partial charge in [-0.1, -0.05) is 12.1 Å². The fourth-order valence-electron chi connectivity index (χ4n) is 3.30. The zero-order chi connectivity index (χ0) is 11.4. The molecule has 1 aromatic heterocycles. The van der Waals surface area contributed by atoms with Crippen LogP contribution in [0.1, 0.15) is 17.2 Å². The van der Waals surface area contributed by atoms with Crippen LogP contribution in [-0.4, -0.2) is 36.1 Å². The highest BCUT2D eigenvalue weighted by atomic mass is 35.5. The van der Waals surface area contributed by atoms with Crippen LogP contribution in [0.15, 0.2) is 24.4 Å². The van der Waals surface area contributed by atoms with Gasteiger partial charge >= 0.3 is 0 Å². The number of nitrogens with zero attached hydrogens (tertiary/aromatic N) is 1. The van der Waals surface area contributed by atoms with E-state index in [0.717, 1.165) is 19.6 Å². The van der Waals surface area contributed by atoms with Crippen LogP contribution in [0.2, 0.25) is 0 Å². The van der Waals surface area contributed by atoms with Crippen molar-refractivity contribution in [2.24, 2.45) is 0 Å². The Labute approximate surface area is 113 Å². The summed E-state index contributed by atoms with van der Waals surface area (Å²) < 4.78 is 6.01. The number of ether oxygens (including phenoxy) is 1. The topological polar surface area (TPSA) is 28.3 Å². The average molecular weight is 265 g/mol. The SMILES string of the molecule is CN1CCOC2c3cccc4[nH]cc(c34)CC21.Cl. The number of aromatic amines is 1. The van der Waals surface area contributed by atoms with Crippen molar-refractivity contribution in [1.29, 1.82) is 0 Å². The molecule has 0 amide bonds. The average Bonchev–Trinajstić information content (AvgIpc) is 2.76. The molecule has 1 aliphatic heterocycles. The van der Waals surface area contributed by atoms with Crippen LogP contribution < -0.4 is 0 Å². The molecular formula is C14H17ClN2O. The molecule has 0 saturated carbocycles. The zero-order valence-electron chi connectivity index (χ0n) is 10.3. The highest BCUT2D eigenvalue weighted by Crippen LogP contribution is 2.40. The van der Waals surface area contributed by atoms with Crippen molar-refractivity contribution in [2.75, 3.05) is 20.2 Å². The molecule has 2 unspecified atom stereocenters. The van der Waals surface area contributed by atoms with Gasteiger partial charge in [-0.3, -0.25) is 4.90 Å². The molecule has 1 N–H and O–H groups in total. The van der Waals surface area contributed by atoms with E-state index in [1.807, 2.05) is 0 Å². The molecule has 2 aliphatic rings. The molecular weight excluding hydrogens is 248 g/mol. The minimum atomic E-state index is 0. The lowest BCUT2D eigenvalue weighted by Crippen LogP contribution is -2.47. The van der Waals surface area contributed by atoms with Crippen molar-refractivity contribution in [3.05, 3.63) is 35.5 Å². The molecule has 2 aromatic rings. The second-order valence-corrected chi connectivity index (χ2v) is 5.13. The largest absolute Gasteiger partial charge is 0.371 e. The third-order valence-electron chi connectivity index (χ3n) is 4.21. The number of likely N-dealkylation sites (N-methyl/N-ethyl adjacent to an activating group) is 1. The summed E-state index contributed by atoms with van der Waals surface area (Å²) in [7, 11) is 2.21. The van der Waals surface area contributed by atoms with Crippen LogP contribution in [-0.2, 0) is 11.2 Å². The summed E-state index contributed by atoms with van der Waals surface area (Å²) in [4.78, 5) is 5.80. The molecule has 0 bridgehead atoms. The first-order valence-corrected chi connectivity index (χ1v) is 6.25. The molecule has 2 atom stereocenters. The van der Waals surface area contributed by atoms with Crippen LogP contribution in [0, 0.1) is 0 Å². The van der Waals surface area contributed by atoms with E-state index < -0.39 is 0 Å². The number of rotatable bonds is 0. The van der Waals surface area contributed by atoms with E-state index in [-0.39, 0.29) is 18.5 Å². The normalized spacial score (nSPS) is 26.7. The van der Waals surface area contributed by atoms with E-state index in [1.54, 1.807) is 0 Å². The van der Waals surface area contributed by atoms with Gasteiger partial charge in [0.1, 0.15) is 0 Å². The summed E-state index contributed by atoms with van der Waals surface area (Å²) in [6, 6.07) is 6.99. The Hall–Kier alpha value is -1.03. The van der Waals surface area contributed by atoms with Gasteiger partial charge in [-0.2, -0.15) is 0 Å². The van der Waals surface area contributed by atoms with Crippen molar-refractivity contribution in [3.63, 3.8) is 0 Å². The van der Waals surface area contributed by atoms with Crippen molar-refractivity contribution in [2.45, 2.75) is 18.6 Å². The Kier molecular flexibility index (Phi) is 2.85. The number of benzene rings is 1. The van der Waals surface area contributed by atoms with E-state index in [9.17, 15) is 0 Å². The Morgan fingerprint density at radius 1 is 1.39 bits per heavy atom. The maximum Gasteiger partial charge on any atom is 0.0990 e. The predicted molar refractivity (Wildman–Crippen MR) is 74.4 cm³/mol. The van der Waals surface area contributed by atoms with Crippen LogP contribution in [0.3, 0.4) is 0 Å². The van der Waals surface area contributed by atoms with Gasteiger partial charge in [0.25, 0.3) is 0 Å². The number of aromatic nitrogens is 1. The van der Waals surface area contributed by atoms with Gasteiger partial charge < -0.3 is 9.72 Å². The minimum Gasteiger partial charge on any atom is -0.371 e. The third-order valence-corrected chi connectivity index (χ3v) is 4.21. The summed E-state index contributed by atoms with van der Waals surface area (Å²) >= 11 is 0. The fourth-order valence-corrected chi connectivity index (χ4v) is 3.30. The lowest BCUT2D eigenvalue weighted by molar-refractivity contribution is -0.0643. The molecule has 1 saturated heterocycles. The Morgan fingerprint density at radius 3 is 3.17 bits per heavy atom. The molecule has 1 fully saturated rings. The second-order valence-electron chi connectivity index (χ2n) is 5.13. The van der Waals surface area contributed by atoms with Crippen LogP contribution in [0.4, 0.5) is 0 Å². The van der Waals surface area contributed by atoms with Gasteiger partial charge in [0.15, 0.2) is 0 Å². The molecule has 4 rings (SSSR count). The molecule has 3 nitrogen and oxygen atoms in total. The second kappa shape index (κ2) is 4.26. The Balaban J connectivity index is 0.000001000. The Bertz CT molecular complexity index is 580. The van der Waals surface area contributed by atoms with Gasteiger partial charge in [0, 0.05) is 29.7 Å². The van der Waals surface area contributed by atoms with Gasteiger partial charge in [0.2, 0.25) is 0 Å². The van der Waals surface area contributed by atoms with E-state index >= 15 is 0 Å². The number of hydrogen-bond acceptors (Lipinski definition) is 2. The fraction of sp³-hybridized carbons (Fsp3) is 0.429. The number of halogens is 1. The number of hydrogen-bond donors (Lipinski definition) is 1. The number of nitrogens with one attached hydrogen (secondary N) is 1. The van der Waals surface area contributed by atoms with Crippen LogP contribution >= 0.6 is 12.4 Å². The van der Waals surface area contributed by atoms with Gasteiger partial charge in [-0.15, -0.1) is 12.4 Å².